The molecule has 0 unspecified atom stereocenters. The number of anilines is 1. The van der Waals surface area contributed by atoms with Crippen LogP contribution >= 0.6 is 0 Å². The van der Waals surface area contributed by atoms with Crippen LogP contribution in [0.3, 0.4) is 0 Å². The van der Waals surface area contributed by atoms with Gasteiger partial charge in [0, 0.05) is 76.8 Å². The van der Waals surface area contributed by atoms with Crippen LogP contribution in [-0.4, -0.2) is 72.2 Å². The number of pyridine rings is 1. The number of rotatable bonds is 14. The van der Waals surface area contributed by atoms with Crippen molar-refractivity contribution in [1.29, 1.82) is 0 Å². The molecule has 0 spiro atoms. The molecular formula is C32H49N7O2Si2. The van der Waals surface area contributed by atoms with Crippen molar-refractivity contribution in [2.24, 2.45) is 0 Å². The maximum absolute atomic E-state index is 6.31. The van der Waals surface area contributed by atoms with Crippen LogP contribution in [-0.2, 0) is 9.47 Å². The molecule has 0 aliphatic heterocycles. The highest BCUT2D eigenvalue weighted by Gasteiger charge is 2.24. The van der Waals surface area contributed by atoms with Gasteiger partial charge < -0.3 is 14.4 Å². The van der Waals surface area contributed by atoms with Crippen LogP contribution in [0, 0.1) is 0 Å². The van der Waals surface area contributed by atoms with Crippen LogP contribution in [0.15, 0.2) is 49.1 Å². The Morgan fingerprint density at radius 2 is 1.58 bits per heavy atom. The normalized spacial score (nSPS) is 14.9. The quantitative estimate of drug-likeness (QED) is 0.0823. The number of hydrogen-bond donors (Lipinski definition) is 0. The molecule has 43 heavy (non-hydrogen) atoms. The summed E-state index contributed by atoms with van der Waals surface area (Å²) in [7, 11) is -2.40. The number of hydrogen-bond acceptors (Lipinski definition) is 7. The third-order valence-corrected chi connectivity index (χ3v) is 11.5. The molecule has 0 radical (unpaired) electrons. The predicted octanol–water partition coefficient (Wildman–Crippen LogP) is 7.46. The van der Waals surface area contributed by atoms with Gasteiger partial charge in [-0.05, 0) is 43.1 Å². The van der Waals surface area contributed by atoms with Gasteiger partial charge in [0.2, 0.25) is 0 Å². The van der Waals surface area contributed by atoms with E-state index in [2.05, 4.69) is 66.4 Å². The van der Waals surface area contributed by atoms with E-state index in [4.69, 9.17) is 19.6 Å². The summed E-state index contributed by atoms with van der Waals surface area (Å²) in [5.41, 5.74) is 3.94. The van der Waals surface area contributed by atoms with Gasteiger partial charge in [-0.15, -0.1) is 0 Å². The predicted molar refractivity (Wildman–Crippen MR) is 180 cm³/mol. The van der Waals surface area contributed by atoms with Gasteiger partial charge in [0.15, 0.2) is 11.5 Å². The Kier molecular flexibility index (Phi) is 10.2. The zero-order valence-corrected chi connectivity index (χ0v) is 28.9. The highest BCUT2D eigenvalue weighted by Crippen LogP contribution is 2.35. The Hall–Kier alpha value is -2.87. The van der Waals surface area contributed by atoms with Crippen LogP contribution in [0.5, 0.6) is 0 Å². The van der Waals surface area contributed by atoms with E-state index >= 15 is 0 Å². The zero-order chi connectivity index (χ0) is 30.5. The summed E-state index contributed by atoms with van der Waals surface area (Å²) in [6, 6.07) is 10.5. The second-order valence-corrected chi connectivity index (χ2v) is 25.5. The SMILES string of the molecule is C[Si](C)(C)CCOCN(COCC[Si](C)(C)C)c1cc(C2CCCCC2)nc2c(-c3ccc(-n4cccn4)nc3)cnn12. The topological polar surface area (TPSA) is 82.6 Å². The summed E-state index contributed by atoms with van der Waals surface area (Å²) < 4.78 is 16.3. The Balaban J connectivity index is 1.49. The van der Waals surface area contributed by atoms with Crippen molar-refractivity contribution in [2.75, 3.05) is 31.6 Å². The van der Waals surface area contributed by atoms with E-state index in [1.54, 1.807) is 10.9 Å². The standard InChI is InChI=1S/C32H49N7O2Si2/c1-42(2,3)19-17-40-24-37(25-41-18-20-43(4,5)6)31-21-29(26-11-8-7-9-12-26)36-32-28(23-35-39(31)32)27-13-14-30(33-22-27)38-16-10-15-34-38/h10,13-16,21-23,26H,7-9,11-12,17-20,24-25H2,1-6H3. The largest absolute Gasteiger partial charge is 0.361 e. The first kappa shape index (κ1) is 31.6. The van der Waals surface area contributed by atoms with Crippen molar-refractivity contribution in [3.8, 4) is 16.9 Å². The summed E-state index contributed by atoms with van der Waals surface area (Å²) in [5, 5.41) is 9.19. The number of aromatic nitrogens is 6. The van der Waals surface area contributed by atoms with Gasteiger partial charge in [-0.1, -0.05) is 58.5 Å². The molecule has 4 aromatic rings. The lowest BCUT2D eigenvalue weighted by molar-refractivity contribution is 0.0942. The molecular weight excluding hydrogens is 571 g/mol. The third kappa shape index (κ3) is 8.62. The van der Waals surface area contributed by atoms with E-state index < -0.39 is 16.1 Å². The average molecular weight is 620 g/mol. The number of ether oxygens (including phenoxy) is 2. The molecule has 0 aromatic carbocycles. The van der Waals surface area contributed by atoms with Crippen LogP contribution < -0.4 is 4.90 Å². The first-order chi connectivity index (χ1) is 20.6. The maximum Gasteiger partial charge on any atom is 0.165 e. The molecule has 4 aromatic heterocycles. The lowest BCUT2D eigenvalue weighted by Crippen LogP contribution is -2.33. The fourth-order valence-electron chi connectivity index (χ4n) is 5.36. The second kappa shape index (κ2) is 13.8. The molecule has 1 saturated carbocycles. The minimum atomic E-state index is -1.20. The molecule has 1 aliphatic rings. The van der Waals surface area contributed by atoms with E-state index in [0.29, 0.717) is 19.4 Å². The van der Waals surface area contributed by atoms with Gasteiger partial charge in [-0.3, -0.25) is 0 Å². The molecule has 1 fully saturated rings. The van der Waals surface area contributed by atoms with Gasteiger partial charge in [0.05, 0.1) is 6.20 Å². The second-order valence-electron chi connectivity index (χ2n) is 14.3. The number of nitrogens with zero attached hydrogens (tertiary/aromatic N) is 7. The van der Waals surface area contributed by atoms with E-state index in [1.165, 1.54) is 32.1 Å². The molecule has 1 aliphatic carbocycles. The van der Waals surface area contributed by atoms with Gasteiger partial charge >= 0.3 is 0 Å². The van der Waals surface area contributed by atoms with Gasteiger partial charge in [0.25, 0.3) is 0 Å². The minimum absolute atomic E-state index is 0.447. The zero-order valence-electron chi connectivity index (χ0n) is 26.9. The lowest BCUT2D eigenvalue weighted by Gasteiger charge is -2.28. The maximum atomic E-state index is 6.31. The Bertz CT molecular complexity index is 1420. The van der Waals surface area contributed by atoms with Crippen molar-refractivity contribution in [3.05, 3.63) is 54.7 Å². The summed E-state index contributed by atoms with van der Waals surface area (Å²) in [6.07, 6.45) is 13.6. The van der Waals surface area contributed by atoms with Gasteiger partial charge in [-0.2, -0.15) is 14.7 Å². The van der Waals surface area contributed by atoms with Crippen molar-refractivity contribution in [1.82, 2.24) is 29.4 Å². The fourth-order valence-corrected chi connectivity index (χ4v) is 6.88. The molecule has 0 amide bonds. The number of fused-ring (bicyclic) bond motifs is 1. The van der Waals surface area contributed by atoms with E-state index in [0.717, 1.165) is 59.4 Å². The van der Waals surface area contributed by atoms with Crippen molar-refractivity contribution in [3.63, 3.8) is 0 Å². The van der Waals surface area contributed by atoms with Crippen LogP contribution in [0.1, 0.15) is 43.7 Å². The van der Waals surface area contributed by atoms with E-state index in [-0.39, 0.29) is 0 Å². The molecule has 0 atom stereocenters. The van der Waals surface area contributed by atoms with Crippen molar-refractivity contribution < 1.29 is 9.47 Å². The molecule has 9 nitrogen and oxygen atoms in total. The van der Waals surface area contributed by atoms with E-state index in [9.17, 15) is 0 Å². The first-order valence-electron chi connectivity index (χ1n) is 15.8. The summed E-state index contributed by atoms with van der Waals surface area (Å²) in [4.78, 5) is 12.2. The lowest BCUT2D eigenvalue weighted by atomic mass is 9.87. The Labute approximate surface area is 258 Å². The summed E-state index contributed by atoms with van der Waals surface area (Å²) in [6.45, 7) is 16.7. The van der Waals surface area contributed by atoms with Crippen LogP contribution in [0.2, 0.25) is 51.4 Å². The molecule has 4 heterocycles. The fraction of sp³-hybridized carbons (Fsp3) is 0.562. The Morgan fingerprint density at radius 3 is 2.16 bits per heavy atom. The molecule has 232 valence electrons. The van der Waals surface area contributed by atoms with Crippen LogP contribution in [0.4, 0.5) is 5.82 Å². The van der Waals surface area contributed by atoms with Gasteiger partial charge in [0.1, 0.15) is 19.3 Å². The summed E-state index contributed by atoms with van der Waals surface area (Å²) in [5.74, 6) is 2.20. The highest BCUT2D eigenvalue weighted by atomic mass is 28.3. The molecule has 11 heteroatoms. The highest BCUT2D eigenvalue weighted by molar-refractivity contribution is 6.76. The minimum Gasteiger partial charge on any atom is -0.361 e. The molecule has 0 N–H and O–H groups in total. The average Bonchev–Trinajstić information content (AvgIpc) is 3.66. The van der Waals surface area contributed by atoms with Gasteiger partial charge in [-0.25, -0.2) is 14.6 Å². The van der Waals surface area contributed by atoms with Crippen molar-refractivity contribution >= 4 is 27.6 Å². The smallest absolute Gasteiger partial charge is 0.165 e. The van der Waals surface area contributed by atoms with Crippen LogP contribution in [0.25, 0.3) is 22.6 Å². The molecule has 0 bridgehead atoms. The van der Waals surface area contributed by atoms with Crippen molar-refractivity contribution in [2.45, 2.75) is 89.4 Å². The van der Waals surface area contributed by atoms with E-state index in [1.807, 2.05) is 35.2 Å². The third-order valence-electron chi connectivity index (χ3n) is 8.11. The monoisotopic (exact) mass is 619 g/mol. The Morgan fingerprint density at radius 1 is 0.884 bits per heavy atom. The molecule has 0 saturated heterocycles. The first-order valence-corrected chi connectivity index (χ1v) is 23.2. The molecule has 5 rings (SSSR count). The summed E-state index contributed by atoms with van der Waals surface area (Å²) >= 11 is 0.